The van der Waals surface area contributed by atoms with Crippen LogP contribution in [0.1, 0.15) is 23.7 Å². The minimum absolute atomic E-state index is 0.0792. The van der Waals surface area contributed by atoms with Crippen LogP contribution in [0.15, 0.2) is 30.4 Å². The van der Waals surface area contributed by atoms with E-state index in [-0.39, 0.29) is 11.3 Å². The lowest BCUT2D eigenvalue weighted by Gasteiger charge is -2.09. The van der Waals surface area contributed by atoms with Crippen LogP contribution in [0.25, 0.3) is 0 Å². The number of hydrogen-bond acceptors (Lipinski definition) is 2. The van der Waals surface area contributed by atoms with Crippen molar-refractivity contribution < 1.29 is 14.7 Å². The number of halogens is 1. The van der Waals surface area contributed by atoms with Gasteiger partial charge in [-0.05, 0) is 54.1 Å². The third-order valence-electron chi connectivity index (χ3n) is 2.29. The minimum atomic E-state index is -1.07. The van der Waals surface area contributed by atoms with Gasteiger partial charge in [-0.2, -0.15) is 0 Å². The van der Waals surface area contributed by atoms with Crippen molar-refractivity contribution in [3.63, 3.8) is 0 Å². The van der Waals surface area contributed by atoms with E-state index >= 15 is 0 Å². The van der Waals surface area contributed by atoms with Gasteiger partial charge in [0, 0.05) is 10.1 Å². The normalized spacial score (nSPS) is 10.4. The molecule has 0 saturated heterocycles. The smallest absolute Gasteiger partial charge is 0.337 e. The van der Waals surface area contributed by atoms with Crippen molar-refractivity contribution in [3.05, 3.63) is 39.5 Å². The Morgan fingerprint density at radius 2 is 2.16 bits per heavy atom. The maximum Gasteiger partial charge on any atom is 0.337 e. The lowest BCUT2D eigenvalue weighted by molar-refractivity contribution is 0.0698. The molecule has 0 spiro atoms. The van der Waals surface area contributed by atoms with Crippen LogP contribution in [0, 0.1) is 3.57 Å². The fourth-order valence-corrected chi connectivity index (χ4v) is 1.90. The average Bonchev–Trinajstić information content (AvgIpc) is 2.36. The highest BCUT2D eigenvalue weighted by molar-refractivity contribution is 14.1. The summed E-state index contributed by atoms with van der Waals surface area (Å²) in [5.74, 6) is -1.07. The Labute approximate surface area is 125 Å². The molecule has 0 radical (unpaired) electrons. The molecule has 0 aliphatic carbocycles. The molecule has 0 fully saturated rings. The number of urea groups is 1. The van der Waals surface area contributed by atoms with E-state index < -0.39 is 12.0 Å². The molecule has 0 atom stereocenters. The highest BCUT2D eigenvalue weighted by Gasteiger charge is 2.12. The van der Waals surface area contributed by atoms with Crippen molar-refractivity contribution in [2.24, 2.45) is 0 Å². The van der Waals surface area contributed by atoms with Crippen LogP contribution in [0.5, 0.6) is 0 Å². The van der Waals surface area contributed by atoms with E-state index in [0.717, 1.165) is 9.99 Å². The molecule has 0 unspecified atom stereocenters. The third-order valence-corrected chi connectivity index (χ3v) is 2.96. The molecule has 19 heavy (non-hydrogen) atoms. The molecule has 102 valence electrons. The van der Waals surface area contributed by atoms with Crippen molar-refractivity contribution in [1.82, 2.24) is 5.32 Å². The summed E-state index contributed by atoms with van der Waals surface area (Å²) in [5, 5.41) is 14.3. The van der Waals surface area contributed by atoms with Crippen LogP contribution in [-0.2, 0) is 0 Å². The van der Waals surface area contributed by atoms with Crippen LogP contribution in [0.3, 0.4) is 0 Å². The third kappa shape index (κ3) is 5.29. The second kappa shape index (κ2) is 7.78. The second-order valence-corrected chi connectivity index (χ2v) is 4.98. The van der Waals surface area contributed by atoms with Crippen molar-refractivity contribution in [2.75, 3.05) is 11.9 Å². The van der Waals surface area contributed by atoms with Crippen molar-refractivity contribution >= 4 is 40.3 Å². The van der Waals surface area contributed by atoms with E-state index in [1.807, 2.05) is 41.7 Å². The zero-order valence-electron chi connectivity index (χ0n) is 10.4. The zero-order valence-corrected chi connectivity index (χ0v) is 12.6. The summed E-state index contributed by atoms with van der Waals surface area (Å²) in [7, 11) is 0. The maximum absolute atomic E-state index is 11.6. The minimum Gasteiger partial charge on any atom is -0.478 e. The number of carbonyl (C=O) groups excluding carboxylic acids is 1. The highest BCUT2D eigenvalue weighted by Crippen LogP contribution is 2.18. The van der Waals surface area contributed by atoms with Crippen LogP contribution in [-0.4, -0.2) is 23.7 Å². The molecule has 0 heterocycles. The van der Waals surface area contributed by atoms with Crippen LogP contribution >= 0.6 is 22.6 Å². The van der Waals surface area contributed by atoms with E-state index in [2.05, 4.69) is 10.6 Å². The van der Waals surface area contributed by atoms with Gasteiger partial charge in [-0.15, -0.1) is 0 Å². The topological polar surface area (TPSA) is 78.4 Å². The van der Waals surface area contributed by atoms with Gasteiger partial charge in [0.2, 0.25) is 0 Å². The van der Waals surface area contributed by atoms with Crippen molar-refractivity contribution in [3.8, 4) is 0 Å². The Bertz CT molecular complexity index is 501. The molecule has 1 aromatic carbocycles. The highest BCUT2D eigenvalue weighted by atomic mass is 127. The first-order valence-corrected chi connectivity index (χ1v) is 6.81. The number of benzene rings is 1. The molecular formula is C13H15IN2O3. The summed E-state index contributed by atoms with van der Waals surface area (Å²) in [4.78, 5) is 22.7. The maximum atomic E-state index is 11.6. The van der Waals surface area contributed by atoms with Gasteiger partial charge in [0.25, 0.3) is 0 Å². The van der Waals surface area contributed by atoms with E-state index in [1.165, 1.54) is 6.07 Å². The number of nitrogens with one attached hydrogen (secondary N) is 2. The zero-order chi connectivity index (χ0) is 14.3. The lowest BCUT2D eigenvalue weighted by atomic mass is 10.2. The Kier molecular flexibility index (Phi) is 6.34. The summed E-state index contributed by atoms with van der Waals surface area (Å²) in [6, 6.07) is 4.42. The van der Waals surface area contributed by atoms with Gasteiger partial charge in [-0.25, -0.2) is 9.59 Å². The molecule has 1 aromatic rings. The second-order valence-electron chi connectivity index (χ2n) is 3.73. The molecular weight excluding hydrogens is 359 g/mol. The lowest BCUT2D eigenvalue weighted by Crippen LogP contribution is -2.30. The monoisotopic (exact) mass is 374 g/mol. The number of rotatable bonds is 5. The van der Waals surface area contributed by atoms with E-state index in [1.54, 1.807) is 12.1 Å². The molecule has 0 aliphatic rings. The molecule has 0 aromatic heterocycles. The number of allylic oxidation sites excluding steroid dienone is 1. The first-order valence-electron chi connectivity index (χ1n) is 5.73. The summed E-state index contributed by atoms with van der Waals surface area (Å²) in [6.07, 6.45) is 4.58. The molecule has 3 N–H and O–H groups in total. The fourth-order valence-electron chi connectivity index (χ4n) is 1.40. The van der Waals surface area contributed by atoms with Gasteiger partial charge < -0.3 is 15.7 Å². The quantitative estimate of drug-likeness (QED) is 0.421. The van der Waals surface area contributed by atoms with Crippen LogP contribution in [0.4, 0.5) is 10.5 Å². The van der Waals surface area contributed by atoms with E-state index in [4.69, 9.17) is 5.11 Å². The Balaban J connectivity index is 2.66. The van der Waals surface area contributed by atoms with Crippen LogP contribution in [0.2, 0.25) is 0 Å². The van der Waals surface area contributed by atoms with E-state index in [0.29, 0.717) is 6.54 Å². The fraction of sp³-hybridized carbons (Fsp3) is 0.231. The molecule has 0 saturated carbocycles. The van der Waals surface area contributed by atoms with Gasteiger partial charge in [-0.1, -0.05) is 12.2 Å². The van der Waals surface area contributed by atoms with Gasteiger partial charge in [0.15, 0.2) is 0 Å². The van der Waals surface area contributed by atoms with Crippen molar-refractivity contribution in [1.29, 1.82) is 0 Å². The molecule has 5 nitrogen and oxygen atoms in total. The number of carboxylic acid groups (broad SMARTS) is 1. The standard InChI is InChI=1S/C13H15IN2O3/c1-2-3-4-7-15-13(19)16-11-6-5-9(14)8-10(11)12(17)18/h2-3,5-6,8H,4,7H2,1H3,(H,17,18)(H2,15,16,19)/b3-2+. The number of hydrogen-bond donors (Lipinski definition) is 3. The Hall–Kier alpha value is -1.57. The summed E-state index contributed by atoms with van der Waals surface area (Å²) < 4.78 is 0.800. The van der Waals surface area contributed by atoms with Gasteiger partial charge in [0.05, 0.1) is 11.3 Å². The first kappa shape index (κ1) is 15.5. The van der Waals surface area contributed by atoms with Crippen LogP contribution < -0.4 is 10.6 Å². The average molecular weight is 374 g/mol. The van der Waals surface area contributed by atoms with Gasteiger partial charge >= 0.3 is 12.0 Å². The molecule has 2 amide bonds. The number of aromatic carboxylic acids is 1. The Morgan fingerprint density at radius 3 is 2.79 bits per heavy atom. The number of anilines is 1. The van der Waals surface area contributed by atoms with Gasteiger partial charge in [0.1, 0.15) is 0 Å². The predicted molar refractivity (Wildman–Crippen MR) is 82.6 cm³/mol. The Morgan fingerprint density at radius 1 is 1.42 bits per heavy atom. The molecule has 1 rings (SSSR count). The number of carbonyl (C=O) groups is 2. The first-order chi connectivity index (χ1) is 9.04. The molecule has 0 aliphatic heterocycles. The molecule has 6 heteroatoms. The SMILES string of the molecule is C/C=C/CCNC(=O)Nc1ccc(I)cc1C(=O)O. The summed E-state index contributed by atoms with van der Waals surface area (Å²) in [5.41, 5.74) is 0.368. The van der Waals surface area contributed by atoms with Gasteiger partial charge in [-0.3, -0.25) is 0 Å². The summed E-state index contributed by atoms with van der Waals surface area (Å²) in [6.45, 7) is 2.41. The van der Waals surface area contributed by atoms with E-state index in [9.17, 15) is 9.59 Å². The summed E-state index contributed by atoms with van der Waals surface area (Å²) >= 11 is 2.02. The largest absolute Gasteiger partial charge is 0.478 e. The van der Waals surface area contributed by atoms with Crippen molar-refractivity contribution in [2.45, 2.75) is 13.3 Å². The predicted octanol–water partition coefficient (Wildman–Crippen LogP) is 3.08. The number of amides is 2. The number of carboxylic acids is 1. The molecule has 0 bridgehead atoms.